The van der Waals surface area contributed by atoms with Gasteiger partial charge in [-0.3, -0.25) is 14.6 Å². The highest BCUT2D eigenvalue weighted by Crippen LogP contribution is 2.18. The number of aromatic nitrogens is 2. The van der Waals surface area contributed by atoms with E-state index < -0.39 is 6.10 Å². The Bertz CT molecular complexity index is 786. The van der Waals surface area contributed by atoms with Gasteiger partial charge in [0.2, 0.25) is 0 Å². The maximum atomic E-state index is 12.8. The maximum absolute atomic E-state index is 12.8. The van der Waals surface area contributed by atoms with Crippen molar-refractivity contribution in [1.82, 2.24) is 19.9 Å². The molecule has 1 aliphatic heterocycles. The number of rotatable bonds is 5. The van der Waals surface area contributed by atoms with Crippen LogP contribution in [0.2, 0.25) is 0 Å². The fourth-order valence-electron chi connectivity index (χ4n) is 3.11. The topological polar surface area (TPSA) is 88.8 Å². The van der Waals surface area contributed by atoms with Gasteiger partial charge in [0.15, 0.2) is 6.10 Å². The first-order valence-electron chi connectivity index (χ1n) is 8.96. The number of carbonyl (C=O) groups excluding carboxylic acids is 2. The van der Waals surface area contributed by atoms with Crippen LogP contribution in [0.25, 0.3) is 0 Å². The summed E-state index contributed by atoms with van der Waals surface area (Å²) in [7, 11) is 1.74. The fraction of sp³-hybridized carbons (Fsp3) is 0.474. The van der Waals surface area contributed by atoms with Gasteiger partial charge in [-0.05, 0) is 26.0 Å². The normalized spacial score (nSPS) is 17.0. The highest BCUT2D eigenvalue weighted by atomic mass is 16.5. The second-order valence-electron chi connectivity index (χ2n) is 6.64. The maximum Gasteiger partial charge on any atom is 0.259 e. The van der Waals surface area contributed by atoms with Crippen molar-refractivity contribution in [2.75, 3.05) is 33.3 Å². The minimum absolute atomic E-state index is 0.137. The van der Waals surface area contributed by atoms with E-state index in [0.29, 0.717) is 43.1 Å². The predicted molar refractivity (Wildman–Crippen MR) is 97.2 cm³/mol. The van der Waals surface area contributed by atoms with Gasteiger partial charge in [0.05, 0.1) is 18.8 Å². The fourth-order valence-corrected chi connectivity index (χ4v) is 3.11. The van der Waals surface area contributed by atoms with Crippen LogP contribution in [0, 0.1) is 13.8 Å². The van der Waals surface area contributed by atoms with Gasteiger partial charge in [0, 0.05) is 38.4 Å². The summed E-state index contributed by atoms with van der Waals surface area (Å²) in [5.41, 5.74) is 1.95. The molecule has 1 fully saturated rings. The summed E-state index contributed by atoms with van der Waals surface area (Å²) in [6, 6.07) is 5.71. The van der Waals surface area contributed by atoms with Crippen LogP contribution in [0.15, 0.2) is 28.9 Å². The minimum Gasteiger partial charge on any atom is -0.365 e. The first-order valence-corrected chi connectivity index (χ1v) is 8.96. The number of hydrogen-bond acceptors (Lipinski definition) is 6. The lowest BCUT2D eigenvalue weighted by molar-refractivity contribution is -0.146. The van der Waals surface area contributed by atoms with E-state index in [-0.39, 0.29) is 18.4 Å². The van der Waals surface area contributed by atoms with E-state index in [0.717, 1.165) is 5.69 Å². The van der Waals surface area contributed by atoms with Crippen LogP contribution >= 0.6 is 0 Å². The Hall–Kier alpha value is -2.74. The molecule has 0 N–H and O–H groups in total. The molecule has 144 valence electrons. The zero-order valence-electron chi connectivity index (χ0n) is 15.8. The number of ether oxygens (including phenoxy) is 1. The Balaban J connectivity index is 1.60. The van der Waals surface area contributed by atoms with Crippen molar-refractivity contribution in [3.05, 3.63) is 47.1 Å². The van der Waals surface area contributed by atoms with E-state index in [2.05, 4.69) is 10.1 Å². The molecular formula is C19H24N4O4. The highest BCUT2D eigenvalue weighted by molar-refractivity contribution is 5.96. The zero-order chi connectivity index (χ0) is 19.4. The summed E-state index contributed by atoms with van der Waals surface area (Å²) < 4.78 is 10.7. The van der Waals surface area contributed by atoms with Gasteiger partial charge in [0.1, 0.15) is 11.3 Å². The van der Waals surface area contributed by atoms with Crippen molar-refractivity contribution in [3.63, 3.8) is 0 Å². The Morgan fingerprint density at radius 2 is 2.15 bits per heavy atom. The van der Waals surface area contributed by atoms with Gasteiger partial charge in [0.25, 0.3) is 11.8 Å². The van der Waals surface area contributed by atoms with Gasteiger partial charge < -0.3 is 19.1 Å². The molecule has 2 aromatic rings. The lowest BCUT2D eigenvalue weighted by Gasteiger charge is -2.34. The summed E-state index contributed by atoms with van der Waals surface area (Å²) in [5, 5.41) is 3.83. The quantitative estimate of drug-likeness (QED) is 0.784. The van der Waals surface area contributed by atoms with Crippen LogP contribution in [0.5, 0.6) is 0 Å². The molecule has 1 saturated heterocycles. The molecule has 3 heterocycles. The Kier molecular flexibility index (Phi) is 5.85. The Morgan fingerprint density at radius 1 is 1.33 bits per heavy atom. The molecule has 1 atom stereocenters. The molecule has 8 heteroatoms. The van der Waals surface area contributed by atoms with Crippen molar-refractivity contribution in [1.29, 1.82) is 0 Å². The molecule has 27 heavy (non-hydrogen) atoms. The molecule has 0 radical (unpaired) electrons. The van der Waals surface area contributed by atoms with E-state index in [1.54, 1.807) is 36.9 Å². The number of aryl methyl sites for hydroxylation is 2. The predicted octanol–water partition coefficient (Wildman–Crippen LogP) is 1.23. The highest BCUT2D eigenvalue weighted by Gasteiger charge is 2.33. The molecule has 1 aliphatic rings. The Morgan fingerprint density at radius 3 is 2.81 bits per heavy atom. The molecule has 2 amide bonds. The SMILES string of the molecule is Cc1noc(C)c1C(=O)N1CCO[C@@H](C(=O)N(C)CCc2ccccn2)C1. The van der Waals surface area contributed by atoms with Crippen molar-refractivity contribution in [2.24, 2.45) is 0 Å². The average Bonchev–Trinajstić information content (AvgIpc) is 3.04. The number of carbonyl (C=O) groups is 2. The third kappa shape index (κ3) is 4.33. The van der Waals surface area contributed by atoms with Crippen molar-refractivity contribution in [3.8, 4) is 0 Å². The van der Waals surface area contributed by atoms with E-state index >= 15 is 0 Å². The summed E-state index contributed by atoms with van der Waals surface area (Å²) in [5.74, 6) is 0.171. The van der Waals surface area contributed by atoms with Crippen LogP contribution in [-0.2, 0) is 16.0 Å². The smallest absolute Gasteiger partial charge is 0.259 e. The average molecular weight is 372 g/mol. The van der Waals surface area contributed by atoms with Gasteiger partial charge in [-0.25, -0.2) is 0 Å². The molecule has 0 bridgehead atoms. The van der Waals surface area contributed by atoms with Crippen molar-refractivity contribution < 1.29 is 18.8 Å². The van der Waals surface area contributed by atoms with E-state index in [1.165, 1.54) is 0 Å². The van der Waals surface area contributed by atoms with Gasteiger partial charge in [-0.2, -0.15) is 0 Å². The summed E-state index contributed by atoms with van der Waals surface area (Å²) >= 11 is 0. The number of nitrogens with zero attached hydrogens (tertiary/aromatic N) is 4. The van der Waals surface area contributed by atoms with Crippen LogP contribution in [0.3, 0.4) is 0 Å². The molecular weight excluding hydrogens is 348 g/mol. The zero-order valence-corrected chi connectivity index (χ0v) is 15.8. The van der Waals surface area contributed by atoms with E-state index in [1.807, 2.05) is 18.2 Å². The molecule has 8 nitrogen and oxygen atoms in total. The molecule has 0 saturated carbocycles. The third-order valence-electron chi connectivity index (χ3n) is 4.68. The number of likely N-dealkylation sites (N-methyl/N-ethyl adjacent to an activating group) is 1. The minimum atomic E-state index is -0.670. The van der Waals surface area contributed by atoms with Crippen LogP contribution in [-0.4, -0.2) is 71.1 Å². The third-order valence-corrected chi connectivity index (χ3v) is 4.68. The molecule has 3 rings (SSSR count). The molecule has 0 unspecified atom stereocenters. The first-order chi connectivity index (χ1) is 13.0. The molecule has 0 aromatic carbocycles. The van der Waals surface area contributed by atoms with Crippen molar-refractivity contribution in [2.45, 2.75) is 26.4 Å². The van der Waals surface area contributed by atoms with E-state index in [9.17, 15) is 9.59 Å². The number of hydrogen-bond donors (Lipinski definition) is 0. The molecule has 0 spiro atoms. The second kappa shape index (κ2) is 8.30. The largest absolute Gasteiger partial charge is 0.365 e. The lowest BCUT2D eigenvalue weighted by Crippen LogP contribution is -2.52. The van der Waals surface area contributed by atoms with Crippen molar-refractivity contribution >= 4 is 11.8 Å². The lowest BCUT2D eigenvalue weighted by atomic mass is 10.1. The number of pyridine rings is 1. The molecule has 2 aromatic heterocycles. The van der Waals surface area contributed by atoms with Crippen LogP contribution < -0.4 is 0 Å². The monoisotopic (exact) mass is 372 g/mol. The van der Waals surface area contributed by atoms with Crippen LogP contribution in [0.1, 0.15) is 27.5 Å². The van der Waals surface area contributed by atoms with Gasteiger partial charge in [-0.15, -0.1) is 0 Å². The van der Waals surface area contributed by atoms with Crippen LogP contribution in [0.4, 0.5) is 0 Å². The first kappa shape index (κ1) is 19.0. The summed E-state index contributed by atoms with van der Waals surface area (Å²) in [6.45, 7) is 4.95. The van der Waals surface area contributed by atoms with Gasteiger partial charge in [-0.1, -0.05) is 11.2 Å². The summed E-state index contributed by atoms with van der Waals surface area (Å²) in [4.78, 5) is 33.0. The molecule has 0 aliphatic carbocycles. The van der Waals surface area contributed by atoms with E-state index in [4.69, 9.17) is 9.26 Å². The number of amides is 2. The standard InChI is InChI=1S/C19H24N4O4/c1-13-17(14(2)27-21-13)19(25)23-10-11-26-16(12-23)18(24)22(3)9-7-15-6-4-5-8-20-15/h4-6,8,16H,7,9-12H2,1-3H3/t16-/m1/s1. The Labute approximate surface area is 158 Å². The second-order valence-corrected chi connectivity index (χ2v) is 6.64. The van der Waals surface area contributed by atoms with Gasteiger partial charge >= 0.3 is 0 Å². The number of morpholine rings is 1. The summed E-state index contributed by atoms with van der Waals surface area (Å²) in [6.07, 6.45) is 1.73.